The predicted octanol–water partition coefficient (Wildman–Crippen LogP) is 3.14. The van der Waals surface area contributed by atoms with Crippen LogP contribution in [-0.4, -0.2) is 30.8 Å². The molecular formula is C16H14F2N6O2. The quantitative estimate of drug-likeness (QED) is 0.496. The molecule has 1 aromatic carbocycles. The molecule has 26 heavy (non-hydrogen) atoms. The highest BCUT2D eigenvalue weighted by molar-refractivity contribution is 5.50. The number of halogens is 2. The van der Waals surface area contributed by atoms with E-state index in [9.17, 15) is 18.9 Å². The number of rotatable bonds is 6. The number of hydrogen-bond acceptors (Lipinski definition) is 6. The van der Waals surface area contributed by atoms with Crippen LogP contribution in [0, 0.1) is 10.1 Å². The van der Waals surface area contributed by atoms with Crippen LogP contribution in [0.2, 0.25) is 0 Å². The molecule has 0 N–H and O–H groups in total. The van der Waals surface area contributed by atoms with Gasteiger partial charge in [0.15, 0.2) is 5.65 Å². The summed E-state index contributed by atoms with van der Waals surface area (Å²) in [5, 5.41) is 22.7. The summed E-state index contributed by atoms with van der Waals surface area (Å²) in [7, 11) is 0. The van der Waals surface area contributed by atoms with E-state index in [0.717, 1.165) is 17.4 Å². The first-order valence-corrected chi connectivity index (χ1v) is 8.04. The van der Waals surface area contributed by atoms with Crippen molar-refractivity contribution in [1.82, 2.24) is 19.8 Å². The Morgan fingerprint density at radius 3 is 2.69 bits per heavy atom. The van der Waals surface area contributed by atoms with Crippen LogP contribution in [0.4, 0.5) is 20.3 Å². The van der Waals surface area contributed by atoms with Gasteiger partial charge in [0.2, 0.25) is 5.82 Å². The molecule has 8 nitrogen and oxygen atoms in total. The molecule has 1 aliphatic carbocycles. The molecule has 2 aromatic heterocycles. The van der Waals surface area contributed by atoms with Crippen LogP contribution in [0.5, 0.6) is 0 Å². The maximum Gasteiger partial charge on any atom is 0.299 e. The van der Waals surface area contributed by atoms with Crippen LogP contribution in [0.3, 0.4) is 0 Å². The number of para-hydroxylation sites is 1. The Kier molecular flexibility index (Phi) is 3.94. The fraction of sp³-hybridized carbons (Fsp3) is 0.312. The van der Waals surface area contributed by atoms with Gasteiger partial charge in [-0.15, -0.1) is 15.3 Å². The number of fused-ring (bicyclic) bond motifs is 1. The second-order valence-electron chi connectivity index (χ2n) is 6.07. The van der Waals surface area contributed by atoms with E-state index in [4.69, 9.17) is 0 Å². The number of nitrogens with zero attached hydrogens (tertiary/aromatic N) is 6. The topological polar surface area (TPSA) is 89.5 Å². The molecule has 0 amide bonds. The third-order valence-electron chi connectivity index (χ3n) is 4.28. The predicted molar refractivity (Wildman–Crippen MR) is 88.0 cm³/mol. The van der Waals surface area contributed by atoms with Crippen molar-refractivity contribution in [2.24, 2.45) is 0 Å². The summed E-state index contributed by atoms with van der Waals surface area (Å²) in [6.45, 7) is 0.270. The van der Waals surface area contributed by atoms with Crippen molar-refractivity contribution in [3.8, 4) is 0 Å². The number of alkyl halides is 2. The van der Waals surface area contributed by atoms with Crippen molar-refractivity contribution in [3.05, 3.63) is 57.9 Å². The molecule has 0 bridgehead atoms. The van der Waals surface area contributed by atoms with Crippen LogP contribution in [0.25, 0.3) is 5.65 Å². The first kappa shape index (κ1) is 16.3. The summed E-state index contributed by atoms with van der Waals surface area (Å²) in [5.41, 5.74) is 0.798. The molecule has 10 heteroatoms. The Hall–Kier alpha value is -3.17. The van der Waals surface area contributed by atoms with Crippen LogP contribution in [0.1, 0.15) is 30.7 Å². The van der Waals surface area contributed by atoms with Gasteiger partial charge in [-0.3, -0.25) is 10.1 Å². The lowest BCUT2D eigenvalue weighted by Crippen LogP contribution is -2.27. The van der Waals surface area contributed by atoms with Crippen LogP contribution < -0.4 is 4.90 Å². The fourth-order valence-electron chi connectivity index (χ4n) is 2.87. The summed E-state index contributed by atoms with van der Waals surface area (Å²) in [6, 6.07) is 9.90. The average Bonchev–Trinajstić information content (AvgIpc) is 3.37. The van der Waals surface area contributed by atoms with E-state index in [1.54, 1.807) is 30.3 Å². The summed E-state index contributed by atoms with van der Waals surface area (Å²) in [4.78, 5) is 12.7. The van der Waals surface area contributed by atoms with E-state index in [2.05, 4.69) is 15.3 Å². The highest BCUT2D eigenvalue weighted by atomic mass is 19.3. The van der Waals surface area contributed by atoms with Gasteiger partial charge in [0.1, 0.15) is 5.82 Å². The molecule has 134 valence electrons. The van der Waals surface area contributed by atoms with Gasteiger partial charge in [-0.05, 0) is 25.0 Å². The first-order valence-electron chi connectivity index (χ1n) is 8.04. The van der Waals surface area contributed by atoms with E-state index in [1.807, 2.05) is 4.90 Å². The maximum absolute atomic E-state index is 13.1. The van der Waals surface area contributed by atoms with Crippen molar-refractivity contribution < 1.29 is 13.7 Å². The van der Waals surface area contributed by atoms with E-state index in [0.29, 0.717) is 11.4 Å². The Morgan fingerprint density at radius 1 is 1.23 bits per heavy atom. The smallest absolute Gasteiger partial charge is 0.299 e. The van der Waals surface area contributed by atoms with Gasteiger partial charge in [0, 0.05) is 17.7 Å². The molecule has 4 rings (SSSR count). The number of nitro groups is 1. The third-order valence-corrected chi connectivity index (χ3v) is 4.28. The molecule has 0 aliphatic heterocycles. The van der Waals surface area contributed by atoms with Crippen molar-refractivity contribution in [3.63, 3.8) is 0 Å². The largest absolute Gasteiger partial charge is 0.348 e. The van der Waals surface area contributed by atoms with Gasteiger partial charge in [-0.25, -0.2) is 8.78 Å². The molecule has 0 saturated heterocycles. The van der Waals surface area contributed by atoms with Crippen molar-refractivity contribution >= 4 is 17.2 Å². The zero-order valence-corrected chi connectivity index (χ0v) is 13.5. The van der Waals surface area contributed by atoms with Gasteiger partial charge >= 0.3 is 0 Å². The molecule has 0 atom stereocenters. The van der Waals surface area contributed by atoms with Gasteiger partial charge in [-0.1, -0.05) is 18.2 Å². The van der Waals surface area contributed by atoms with Gasteiger partial charge in [-0.2, -0.15) is 4.52 Å². The number of aromatic nitrogens is 4. The molecule has 3 aromatic rings. The minimum atomic E-state index is -2.79. The molecule has 2 heterocycles. The molecule has 1 saturated carbocycles. The van der Waals surface area contributed by atoms with E-state index < -0.39 is 17.2 Å². The fourth-order valence-corrected chi connectivity index (χ4v) is 2.87. The Morgan fingerprint density at radius 2 is 2.00 bits per heavy atom. The molecule has 1 fully saturated rings. The molecule has 1 aliphatic rings. The Labute approximate surface area is 146 Å². The Bertz CT molecular complexity index is 972. The SMILES string of the molecule is O=[N+]([O-])c1ccccc1CN(c1ccc2nnc(C(F)F)n2n1)C1CC1. The lowest BCUT2D eigenvalue weighted by atomic mass is 10.1. The number of benzene rings is 1. The molecular weight excluding hydrogens is 346 g/mol. The van der Waals surface area contributed by atoms with Crippen LogP contribution in [-0.2, 0) is 6.54 Å². The number of anilines is 1. The summed E-state index contributed by atoms with van der Waals surface area (Å²) < 4.78 is 27.2. The van der Waals surface area contributed by atoms with Gasteiger partial charge in [0.05, 0.1) is 11.5 Å². The average molecular weight is 360 g/mol. The zero-order chi connectivity index (χ0) is 18.3. The number of nitro benzene ring substituents is 1. The standard InChI is InChI=1S/C16H14F2N6O2/c17-15(18)16-20-19-13-7-8-14(21-23(13)16)22(11-5-6-11)9-10-3-1-2-4-12(10)24(25)26/h1-4,7-8,11,15H,5-6,9H2. The zero-order valence-electron chi connectivity index (χ0n) is 13.5. The maximum atomic E-state index is 13.1. The van der Waals surface area contributed by atoms with Crippen molar-refractivity contribution in [2.45, 2.75) is 31.9 Å². The molecule has 0 unspecified atom stereocenters. The summed E-state index contributed by atoms with van der Waals surface area (Å²) in [5.74, 6) is -0.0665. The third kappa shape index (κ3) is 2.93. The van der Waals surface area contributed by atoms with Crippen molar-refractivity contribution in [2.75, 3.05) is 4.90 Å². The normalized spacial score (nSPS) is 14.1. The van der Waals surface area contributed by atoms with E-state index in [1.165, 1.54) is 6.07 Å². The van der Waals surface area contributed by atoms with E-state index >= 15 is 0 Å². The van der Waals surface area contributed by atoms with Crippen LogP contribution in [0.15, 0.2) is 36.4 Å². The molecule has 0 spiro atoms. The lowest BCUT2D eigenvalue weighted by molar-refractivity contribution is -0.385. The number of hydrogen-bond donors (Lipinski definition) is 0. The minimum Gasteiger partial charge on any atom is -0.348 e. The summed E-state index contributed by atoms with van der Waals surface area (Å²) >= 11 is 0. The monoisotopic (exact) mass is 360 g/mol. The first-order chi connectivity index (χ1) is 12.5. The Balaban J connectivity index is 1.73. The van der Waals surface area contributed by atoms with Crippen molar-refractivity contribution in [1.29, 1.82) is 0 Å². The van der Waals surface area contributed by atoms with E-state index in [-0.39, 0.29) is 23.9 Å². The highest BCUT2D eigenvalue weighted by Crippen LogP contribution is 2.33. The van der Waals surface area contributed by atoms with Gasteiger partial charge < -0.3 is 4.90 Å². The minimum absolute atomic E-state index is 0.0248. The van der Waals surface area contributed by atoms with Gasteiger partial charge in [0.25, 0.3) is 12.1 Å². The summed E-state index contributed by atoms with van der Waals surface area (Å²) in [6.07, 6.45) is -0.952. The van der Waals surface area contributed by atoms with Crippen LogP contribution >= 0.6 is 0 Å². The second-order valence-corrected chi connectivity index (χ2v) is 6.07. The molecule has 0 radical (unpaired) electrons. The second kappa shape index (κ2) is 6.28. The lowest BCUT2D eigenvalue weighted by Gasteiger charge is -2.23. The highest BCUT2D eigenvalue weighted by Gasteiger charge is 2.32.